The highest BCUT2D eigenvalue weighted by atomic mass is 16.3. The molecule has 0 aliphatic rings. The summed E-state index contributed by atoms with van der Waals surface area (Å²) in [6, 6.07) is 61.1. The fraction of sp³-hybridized carbons (Fsp3) is 0. The van der Waals surface area contributed by atoms with Crippen molar-refractivity contribution < 1.29 is 4.42 Å². The van der Waals surface area contributed by atoms with Gasteiger partial charge in [0.25, 0.3) is 0 Å². The van der Waals surface area contributed by atoms with Crippen LogP contribution in [-0.4, -0.2) is 15.0 Å². The highest BCUT2D eigenvalue weighted by Crippen LogP contribution is 2.43. The van der Waals surface area contributed by atoms with E-state index in [1.165, 1.54) is 21.9 Å². The van der Waals surface area contributed by atoms with Gasteiger partial charge in [0.05, 0.1) is 0 Å². The topological polar surface area (TPSA) is 51.8 Å². The fourth-order valence-corrected chi connectivity index (χ4v) is 7.15. The number of aromatic nitrogens is 3. The Kier molecular flexibility index (Phi) is 6.78. The van der Waals surface area contributed by atoms with Crippen LogP contribution in [0.2, 0.25) is 0 Å². The molecule has 8 aromatic carbocycles. The van der Waals surface area contributed by atoms with E-state index in [1.807, 2.05) is 72.8 Å². The van der Waals surface area contributed by atoms with Gasteiger partial charge >= 0.3 is 0 Å². The largest absolute Gasteiger partial charge is 0.455 e. The zero-order valence-corrected chi connectivity index (χ0v) is 27.5. The number of hydrogen-bond donors (Lipinski definition) is 0. The van der Waals surface area contributed by atoms with Gasteiger partial charge in [-0.15, -0.1) is 0 Å². The van der Waals surface area contributed by atoms with Crippen LogP contribution in [0.1, 0.15) is 0 Å². The van der Waals surface area contributed by atoms with E-state index in [0.717, 1.165) is 60.5 Å². The van der Waals surface area contributed by atoms with Crippen molar-refractivity contribution in [3.8, 4) is 56.4 Å². The summed E-state index contributed by atoms with van der Waals surface area (Å²) in [5.74, 6) is 1.89. The van der Waals surface area contributed by atoms with Crippen molar-refractivity contribution in [2.24, 2.45) is 0 Å². The molecule has 2 heterocycles. The lowest BCUT2D eigenvalue weighted by molar-refractivity contribution is 0.670. The summed E-state index contributed by atoms with van der Waals surface area (Å²) in [6.45, 7) is 0. The molecule has 0 bridgehead atoms. The molecule has 0 fully saturated rings. The summed E-state index contributed by atoms with van der Waals surface area (Å²) in [7, 11) is 0. The van der Waals surface area contributed by atoms with Gasteiger partial charge in [-0.25, -0.2) is 15.0 Å². The van der Waals surface area contributed by atoms with Crippen LogP contribution in [0.25, 0.3) is 99.9 Å². The molecular formula is C47H29N3O. The summed E-state index contributed by atoms with van der Waals surface area (Å²) in [4.78, 5) is 14.9. The molecule has 4 heteroatoms. The third kappa shape index (κ3) is 5.13. The molecule has 0 saturated heterocycles. The van der Waals surface area contributed by atoms with E-state index in [4.69, 9.17) is 19.4 Å². The SMILES string of the molecule is c1ccc(-c2ccc3cc(-c4c5ccccc5cc5c4oc4ccc(-c6nc(-c7ccccc7)nc(-c7ccccc7)n6)cc45)ccc3c2)cc1. The van der Waals surface area contributed by atoms with E-state index in [0.29, 0.717) is 17.5 Å². The second-order valence-corrected chi connectivity index (χ2v) is 12.8. The normalized spacial score (nSPS) is 11.5. The maximum absolute atomic E-state index is 6.76. The maximum Gasteiger partial charge on any atom is 0.164 e. The summed E-state index contributed by atoms with van der Waals surface area (Å²) in [5.41, 5.74) is 9.10. The molecule has 0 aliphatic carbocycles. The molecule has 0 atom stereocenters. The molecule has 0 amide bonds. The van der Waals surface area contributed by atoms with E-state index in [9.17, 15) is 0 Å². The molecule has 4 nitrogen and oxygen atoms in total. The molecule has 0 radical (unpaired) electrons. The molecule has 10 rings (SSSR count). The number of hydrogen-bond acceptors (Lipinski definition) is 4. The van der Waals surface area contributed by atoms with Crippen molar-refractivity contribution in [2.45, 2.75) is 0 Å². The predicted octanol–water partition coefficient (Wildman–Crippen LogP) is 12.4. The average molecular weight is 652 g/mol. The molecular weight excluding hydrogens is 623 g/mol. The van der Waals surface area contributed by atoms with Gasteiger partial charge in [0.2, 0.25) is 0 Å². The highest BCUT2D eigenvalue weighted by molar-refractivity contribution is 6.19. The molecule has 10 aromatic rings. The summed E-state index contributed by atoms with van der Waals surface area (Å²) < 4.78 is 6.76. The van der Waals surface area contributed by atoms with Gasteiger partial charge in [0.1, 0.15) is 11.2 Å². The van der Waals surface area contributed by atoms with Gasteiger partial charge in [0.15, 0.2) is 17.5 Å². The van der Waals surface area contributed by atoms with Gasteiger partial charge in [-0.05, 0) is 74.6 Å². The average Bonchev–Trinajstić information content (AvgIpc) is 3.57. The van der Waals surface area contributed by atoms with Crippen LogP contribution in [0.4, 0.5) is 0 Å². The van der Waals surface area contributed by atoms with Crippen molar-refractivity contribution in [3.63, 3.8) is 0 Å². The first-order valence-corrected chi connectivity index (χ1v) is 17.1. The smallest absolute Gasteiger partial charge is 0.164 e. The first-order valence-electron chi connectivity index (χ1n) is 17.1. The minimum absolute atomic E-state index is 0.615. The first kappa shape index (κ1) is 29.0. The number of furan rings is 1. The Morgan fingerprint density at radius 1 is 0.314 bits per heavy atom. The molecule has 238 valence electrons. The highest BCUT2D eigenvalue weighted by Gasteiger charge is 2.19. The second kappa shape index (κ2) is 11.9. The van der Waals surface area contributed by atoms with Crippen LogP contribution in [-0.2, 0) is 0 Å². The summed E-state index contributed by atoms with van der Waals surface area (Å²) >= 11 is 0. The third-order valence-electron chi connectivity index (χ3n) is 9.68. The van der Waals surface area contributed by atoms with Crippen LogP contribution in [0, 0.1) is 0 Å². The second-order valence-electron chi connectivity index (χ2n) is 12.8. The van der Waals surface area contributed by atoms with Crippen LogP contribution in [0.15, 0.2) is 180 Å². The minimum Gasteiger partial charge on any atom is -0.455 e. The van der Waals surface area contributed by atoms with Crippen molar-refractivity contribution in [2.75, 3.05) is 0 Å². The van der Waals surface area contributed by atoms with Crippen LogP contribution >= 0.6 is 0 Å². The molecule has 0 unspecified atom stereocenters. The first-order chi connectivity index (χ1) is 25.2. The summed E-state index contributed by atoms with van der Waals surface area (Å²) in [5, 5.41) is 6.77. The zero-order chi connectivity index (χ0) is 33.7. The van der Waals surface area contributed by atoms with Crippen LogP contribution in [0.5, 0.6) is 0 Å². The number of rotatable bonds is 5. The Labute approximate surface area is 294 Å². The van der Waals surface area contributed by atoms with Crippen molar-refractivity contribution >= 4 is 43.5 Å². The lowest BCUT2D eigenvalue weighted by Crippen LogP contribution is -2.00. The zero-order valence-electron chi connectivity index (χ0n) is 27.5. The Morgan fingerprint density at radius 2 is 0.843 bits per heavy atom. The Hall–Kier alpha value is -6.91. The van der Waals surface area contributed by atoms with Crippen molar-refractivity contribution in [1.82, 2.24) is 15.0 Å². The van der Waals surface area contributed by atoms with Gasteiger partial charge in [-0.1, -0.05) is 140 Å². The lowest BCUT2D eigenvalue weighted by Gasteiger charge is -2.11. The molecule has 0 aliphatic heterocycles. The molecule has 2 aromatic heterocycles. The molecule has 51 heavy (non-hydrogen) atoms. The lowest BCUT2D eigenvalue weighted by atomic mass is 9.93. The maximum atomic E-state index is 6.76. The van der Waals surface area contributed by atoms with E-state index >= 15 is 0 Å². The Morgan fingerprint density at radius 3 is 1.51 bits per heavy atom. The van der Waals surface area contributed by atoms with Crippen molar-refractivity contribution in [1.29, 1.82) is 0 Å². The predicted molar refractivity (Wildman–Crippen MR) is 209 cm³/mol. The number of nitrogens with zero attached hydrogens (tertiary/aromatic N) is 3. The fourth-order valence-electron chi connectivity index (χ4n) is 7.15. The monoisotopic (exact) mass is 651 g/mol. The minimum atomic E-state index is 0.615. The molecule has 0 spiro atoms. The number of benzene rings is 8. The summed E-state index contributed by atoms with van der Waals surface area (Å²) in [6.07, 6.45) is 0. The third-order valence-corrected chi connectivity index (χ3v) is 9.68. The van der Waals surface area contributed by atoms with Crippen molar-refractivity contribution in [3.05, 3.63) is 176 Å². The van der Waals surface area contributed by atoms with Gasteiger partial charge < -0.3 is 4.42 Å². The van der Waals surface area contributed by atoms with Gasteiger partial charge in [0, 0.05) is 33.0 Å². The van der Waals surface area contributed by atoms with Crippen LogP contribution < -0.4 is 0 Å². The molecule has 0 saturated carbocycles. The Balaban J connectivity index is 1.15. The number of fused-ring (bicyclic) bond motifs is 5. The van der Waals surface area contributed by atoms with E-state index in [1.54, 1.807) is 0 Å². The van der Waals surface area contributed by atoms with E-state index in [-0.39, 0.29) is 0 Å². The van der Waals surface area contributed by atoms with Gasteiger partial charge in [-0.3, -0.25) is 0 Å². The molecule has 0 N–H and O–H groups in total. The van der Waals surface area contributed by atoms with E-state index in [2.05, 4.69) is 103 Å². The van der Waals surface area contributed by atoms with Crippen LogP contribution in [0.3, 0.4) is 0 Å². The van der Waals surface area contributed by atoms with Gasteiger partial charge in [-0.2, -0.15) is 0 Å². The van der Waals surface area contributed by atoms with E-state index < -0.39 is 0 Å². The Bertz CT molecular complexity index is 2840. The standard InChI is InChI=1S/C47H29N3O/c1-4-12-30(13-5-1)33-20-21-35-27-37(23-22-34(35)26-33)43-39-19-11-10-18-36(39)28-41-40-29-38(24-25-42(40)51-44(41)43)47-49-45(31-14-6-2-7-15-31)48-46(50-47)32-16-8-3-9-17-32/h1-29H. The quantitative estimate of drug-likeness (QED) is 0.186.